The molecule has 0 atom stereocenters. The van der Waals surface area contributed by atoms with E-state index in [1.165, 1.54) is 42.4 Å². The van der Waals surface area contributed by atoms with Crippen molar-refractivity contribution in [1.82, 2.24) is 5.32 Å². The molecule has 126 valence electrons. The molecule has 1 saturated carbocycles. The third kappa shape index (κ3) is 4.00. The summed E-state index contributed by atoms with van der Waals surface area (Å²) in [5.41, 5.74) is 0.214. The number of non-ortho nitro benzene ring substituents is 1. The van der Waals surface area contributed by atoms with E-state index >= 15 is 0 Å². The number of nitrogens with one attached hydrogen (secondary N) is 2. The van der Waals surface area contributed by atoms with Crippen LogP contribution >= 0.6 is 11.6 Å². The van der Waals surface area contributed by atoms with Crippen molar-refractivity contribution < 1.29 is 14.6 Å². The van der Waals surface area contributed by atoms with Gasteiger partial charge in [0.1, 0.15) is 5.54 Å². The van der Waals surface area contributed by atoms with Crippen LogP contribution in [0.15, 0.2) is 18.2 Å². The Hall–Kier alpha value is -1.66. The maximum Gasteiger partial charge on any atom is 0.270 e. The summed E-state index contributed by atoms with van der Waals surface area (Å²) in [7, 11) is 4.24. The van der Waals surface area contributed by atoms with Crippen LogP contribution in [0, 0.1) is 10.1 Å². The second kappa shape index (κ2) is 7.27. The van der Waals surface area contributed by atoms with Crippen molar-refractivity contribution in [2.45, 2.75) is 37.6 Å². The molecule has 0 spiro atoms. The highest BCUT2D eigenvalue weighted by molar-refractivity contribution is 6.34. The van der Waals surface area contributed by atoms with Crippen LogP contribution in [0.25, 0.3) is 0 Å². The number of likely N-dealkylation sites (N-methyl/N-ethyl adjacent to an activating group) is 1. The highest BCUT2D eigenvalue weighted by Gasteiger charge is 2.38. The van der Waals surface area contributed by atoms with Gasteiger partial charge in [-0.2, -0.15) is 0 Å². The minimum Gasteiger partial charge on any atom is -0.346 e. The molecule has 23 heavy (non-hydrogen) atoms. The summed E-state index contributed by atoms with van der Waals surface area (Å²) in [6.07, 6.45) is 5.78. The summed E-state index contributed by atoms with van der Waals surface area (Å²) < 4.78 is 0. The van der Waals surface area contributed by atoms with Crippen LogP contribution in [0.5, 0.6) is 0 Å². The first-order valence-electron chi connectivity index (χ1n) is 7.88. The van der Waals surface area contributed by atoms with Crippen LogP contribution in [0.2, 0.25) is 5.02 Å². The van der Waals surface area contributed by atoms with Gasteiger partial charge in [0, 0.05) is 25.0 Å². The van der Waals surface area contributed by atoms with E-state index in [2.05, 4.69) is 19.4 Å². The molecule has 1 fully saturated rings. The van der Waals surface area contributed by atoms with Crippen LogP contribution in [0.4, 0.5) is 5.69 Å². The minimum atomic E-state index is -0.528. The smallest absolute Gasteiger partial charge is 0.270 e. The molecule has 0 unspecified atom stereocenters. The van der Waals surface area contributed by atoms with Crippen LogP contribution < -0.4 is 10.2 Å². The number of benzene rings is 1. The predicted octanol–water partition coefficient (Wildman–Crippen LogP) is 1.83. The molecule has 0 bridgehead atoms. The van der Waals surface area contributed by atoms with Gasteiger partial charge in [0.2, 0.25) is 0 Å². The number of amides is 1. The minimum absolute atomic E-state index is 0.0567. The van der Waals surface area contributed by atoms with Gasteiger partial charge in [0.25, 0.3) is 11.6 Å². The summed E-state index contributed by atoms with van der Waals surface area (Å²) >= 11 is 6.02. The van der Waals surface area contributed by atoms with Gasteiger partial charge in [-0.1, -0.05) is 18.0 Å². The first-order valence-corrected chi connectivity index (χ1v) is 8.26. The fraction of sp³-hybridized carbons (Fsp3) is 0.562. The number of rotatable bonds is 5. The number of hydrogen-bond acceptors (Lipinski definition) is 3. The zero-order valence-electron chi connectivity index (χ0n) is 13.5. The fourth-order valence-corrected chi connectivity index (χ4v) is 3.49. The van der Waals surface area contributed by atoms with Crippen molar-refractivity contribution >= 4 is 23.2 Å². The van der Waals surface area contributed by atoms with E-state index in [1.54, 1.807) is 0 Å². The lowest BCUT2D eigenvalue weighted by molar-refractivity contribution is -0.916. The lowest BCUT2D eigenvalue weighted by Crippen LogP contribution is -3.16. The maximum atomic E-state index is 12.4. The molecule has 0 heterocycles. The maximum absolute atomic E-state index is 12.4. The topological polar surface area (TPSA) is 76.7 Å². The lowest BCUT2D eigenvalue weighted by Gasteiger charge is -2.39. The second-order valence-electron chi connectivity index (χ2n) is 6.44. The predicted molar refractivity (Wildman–Crippen MR) is 89.1 cm³/mol. The molecule has 6 nitrogen and oxygen atoms in total. The van der Waals surface area contributed by atoms with Crippen molar-refractivity contribution in [2.24, 2.45) is 0 Å². The summed E-state index contributed by atoms with van der Waals surface area (Å²) in [4.78, 5) is 23.9. The Morgan fingerprint density at radius 2 is 2.00 bits per heavy atom. The van der Waals surface area contributed by atoms with E-state index < -0.39 is 4.92 Å². The van der Waals surface area contributed by atoms with E-state index in [9.17, 15) is 14.9 Å². The van der Waals surface area contributed by atoms with E-state index in [-0.39, 0.29) is 27.7 Å². The zero-order valence-corrected chi connectivity index (χ0v) is 14.3. The Morgan fingerprint density at radius 1 is 1.35 bits per heavy atom. The lowest BCUT2D eigenvalue weighted by atomic mass is 9.80. The standard InChI is InChI=1S/C16H22ClN3O3/c1-19(2)16(8-4-3-5-9-16)11-18-15(21)13-7-6-12(20(22)23)10-14(13)17/h6-7,10H,3-5,8-9,11H2,1-2H3,(H,18,21)/p+1. The highest BCUT2D eigenvalue weighted by Crippen LogP contribution is 2.26. The number of halogens is 1. The van der Waals surface area contributed by atoms with Crippen molar-refractivity contribution in [1.29, 1.82) is 0 Å². The van der Waals surface area contributed by atoms with Gasteiger partial charge in [0.05, 0.1) is 36.1 Å². The Balaban J connectivity index is 2.08. The molecule has 0 radical (unpaired) electrons. The molecule has 2 rings (SSSR count). The van der Waals surface area contributed by atoms with Crippen molar-refractivity contribution in [3.8, 4) is 0 Å². The van der Waals surface area contributed by atoms with Crippen molar-refractivity contribution in [3.05, 3.63) is 38.9 Å². The number of hydrogen-bond donors (Lipinski definition) is 2. The van der Waals surface area contributed by atoms with Crippen molar-refractivity contribution in [2.75, 3.05) is 20.6 Å². The zero-order chi connectivity index (χ0) is 17.0. The second-order valence-corrected chi connectivity index (χ2v) is 6.85. The number of nitro benzene ring substituents is 1. The average Bonchev–Trinajstić information content (AvgIpc) is 2.53. The molecular weight excluding hydrogens is 318 g/mol. The summed E-state index contributed by atoms with van der Waals surface area (Å²) in [6.45, 7) is 0.585. The monoisotopic (exact) mass is 340 g/mol. The number of carbonyl (C=O) groups is 1. The van der Waals surface area contributed by atoms with Crippen molar-refractivity contribution in [3.63, 3.8) is 0 Å². The molecule has 7 heteroatoms. The van der Waals surface area contributed by atoms with Crippen LogP contribution in [-0.2, 0) is 0 Å². The quantitative estimate of drug-likeness (QED) is 0.634. The van der Waals surface area contributed by atoms with Gasteiger partial charge in [-0.15, -0.1) is 0 Å². The molecule has 1 aliphatic carbocycles. The van der Waals surface area contributed by atoms with E-state index in [4.69, 9.17) is 11.6 Å². The normalized spacial score (nSPS) is 17.0. The number of nitro groups is 1. The summed E-state index contributed by atoms with van der Waals surface area (Å²) in [6, 6.07) is 3.92. The molecule has 1 aromatic carbocycles. The summed E-state index contributed by atoms with van der Waals surface area (Å²) in [5.74, 6) is -0.281. The fourth-order valence-electron chi connectivity index (χ4n) is 3.23. The van der Waals surface area contributed by atoms with Gasteiger partial charge < -0.3 is 10.2 Å². The Morgan fingerprint density at radius 3 is 2.52 bits per heavy atom. The average molecular weight is 341 g/mol. The Labute approximate surface area is 141 Å². The largest absolute Gasteiger partial charge is 0.346 e. The van der Waals surface area contributed by atoms with E-state index in [1.807, 2.05) is 0 Å². The van der Waals surface area contributed by atoms with Crippen LogP contribution in [-0.4, -0.2) is 37.0 Å². The van der Waals surface area contributed by atoms with Gasteiger partial charge in [0.15, 0.2) is 0 Å². The Kier molecular flexibility index (Phi) is 5.59. The van der Waals surface area contributed by atoms with Gasteiger partial charge in [-0.3, -0.25) is 14.9 Å². The molecule has 0 aliphatic heterocycles. The van der Waals surface area contributed by atoms with Gasteiger partial charge in [-0.05, 0) is 18.9 Å². The third-order valence-electron chi connectivity index (χ3n) is 4.87. The first-order chi connectivity index (χ1) is 10.9. The van der Waals surface area contributed by atoms with E-state index in [0.717, 1.165) is 12.8 Å². The van der Waals surface area contributed by atoms with Gasteiger partial charge in [-0.25, -0.2) is 0 Å². The number of quaternary nitrogens is 1. The Bertz CT molecular complexity index is 598. The van der Waals surface area contributed by atoms with E-state index in [0.29, 0.717) is 6.54 Å². The molecule has 2 N–H and O–H groups in total. The molecule has 1 amide bonds. The molecule has 0 saturated heterocycles. The molecule has 1 aliphatic rings. The van der Waals surface area contributed by atoms with Gasteiger partial charge >= 0.3 is 0 Å². The SMILES string of the molecule is C[NH+](C)C1(CNC(=O)c2ccc([N+](=O)[O-])cc2Cl)CCCCC1. The number of nitrogens with zero attached hydrogens (tertiary/aromatic N) is 1. The first kappa shape index (κ1) is 17.7. The van der Waals surface area contributed by atoms with Crippen LogP contribution in [0.1, 0.15) is 42.5 Å². The third-order valence-corrected chi connectivity index (χ3v) is 5.18. The molecule has 1 aromatic rings. The highest BCUT2D eigenvalue weighted by atomic mass is 35.5. The molecule has 0 aromatic heterocycles. The van der Waals surface area contributed by atoms with Crippen LogP contribution in [0.3, 0.4) is 0 Å². The number of carbonyl (C=O) groups excluding carboxylic acids is 1. The summed E-state index contributed by atoms with van der Waals surface area (Å²) in [5, 5.41) is 13.8. The molecular formula is C16H23ClN3O3+.